The average Bonchev–Trinajstić information content (AvgIpc) is 3.00. The molecule has 0 saturated carbocycles. The lowest BCUT2D eigenvalue weighted by atomic mass is 10.2. The Labute approximate surface area is 127 Å². The van der Waals surface area contributed by atoms with E-state index in [2.05, 4.69) is 5.32 Å². The molecular weight excluding hydrogens is 286 g/mol. The second-order valence-electron chi connectivity index (χ2n) is 4.62. The molecule has 0 radical (unpaired) electrons. The maximum atomic E-state index is 11.8. The Bertz CT molecular complexity index is 686. The first-order valence-corrected chi connectivity index (χ1v) is 6.71. The molecule has 2 aromatic rings. The zero-order chi connectivity index (χ0) is 15.4. The molecule has 0 bridgehead atoms. The highest BCUT2D eigenvalue weighted by molar-refractivity contribution is 5.84. The minimum absolute atomic E-state index is 0.145. The minimum atomic E-state index is -0.536. The van der Waals surface area contributed by atoms with Crippen LogP contribution in [0, 0.1) is 0 Å². The maximum absolute atomic E-state index is 11.8. The van der Waals surface area contributed by atoms with Crippen LogP contribution in [0.15, 0.2) is 42.5 Å². The van der Waals surface area contributed by atoms with Gasteiger partial charge in [0.25, 0.3) is 0 Å². The smallest absolute Gasteiger partial charge is 0.411 e. The summed E-state index contributed by atoms with van der Waals surface area (Å²) < 4.78 is 20.8. The van der Waals surface area contributed by atoms with Gasteiger partial charge in [-0.05, 0) is 29.8 Å². The highest BCUT2D eigenvalue weighted by Gasteiger charge is 2.13. The molecule has 22 heavy (non-hydrogen) atoms. The monoisotopic (exact) mass is 301 g/mol. The van der Waals surface area contributed by atoms with E-state index in [-0.39, 0.29) is 13.4 Å². The molecular formula is C16H15NO5. The van der Waals surface area contributed by atoms with Gasteiger partial charge in [-0.25, -0.2) is 4.79 Å². The maximum Gasteiger partial charge on any atom is 0.411 e. The van der Waals surface area contributed by atoms with Gasteiger partial charge in [-0.2, -0.15) is 0 Å². The van der Waals surface area contributed by atoms with Gasteiger partial charge in [-0.3, -0.25) is 5.32 Å². The van der Waals surface area contributed by atoms with E-state index in [1.165, 1.54) is 0 Å². The largest absolute Gasteiger partial charge is 0.497 e. The Kier molecular flexibility index (Phi) is 4.00. The van der Waals surface area contributed by atoms with Gasteiger partial charge >= 0.3 is 6.09 Å². The number of carbonyl (C=O) groups excluding carboxylic acids is 1. The number of nitrogens with one attached hydrogen (secondary N) is 1. The molecule has 0 unspecified atom stereocenters. The number of carbonyl (C=O) groups is 1. The summed E-state index contributed by atoms with van der Waals surface area (Å²) in [5, 5.41) is 2.64. The van der Waals surface area contributed by atoms with Crippen LogP contribution in [0.2, 0.25) is 0 Å². The summed E-state index contributed by atoms with van der Waals surface area (Å²) >= 11 is 0. The number of hydrogen-bond acceptors (Lipinski definition) is 5. The number of hydrogen-bond donors (Lipinski definition) is 1. The van der Waals surface area contributed by atoms with Crippen LogP contribution in [0.5, 0.6) is 17.2 Å². The predicted molar refractivity (Wildman–Crippen MR) is 79.4 cm³/mol. The van der Waals surface area contributed by atoms with Crippen molar-refractivity contribution in [2.45, 2.75) is 6.61 Å². The zero-order valence-electron chi connectivity index (χ0n) is 12.0. The fraction of sp³-hybridized carbons (Fsp3) is 0.188. The van der Waals surface area contributed by atoms with E-state index in [0.29, 0.717) is 22.9 Å². The Morgan fingerprint density at radius 1 is 1.18 bits per heavy atom. The van der Waals surface area contributed by atoms with Crippen LogP contribution < -0.4 is 19.5 Å². The quantitative estimate of drug-likeness (QED) is 0.939. The van der Waals surface area contributed by atoms with Crippen molar-refractivity contribution < 1.29 is 23.7 Å². The molecule has 114 valence electrons. The van der Waals surface area contributed by atoms with Gasteiger partial charge < -0.3 is 18.9 Å². The Balaban J connectivity index is 1.56. The summed E-state index contributed by atoms with van der Waals surface area (Å²) in [4.78, 5) is 11.8. The molecule has 6 nitrogen and oxygen atoms in total. The van der Waals surface area contributed by atoms with Gasteiger partial charge in [0.2, 0.25) is 6.79 Å². The molecule has 0 spiro atoms. The fourth-order valence-corrected chi connectivity index (χ4v) is 2.03. The number of benzene rings is 2. The van der Waals surface area contributed by atoms with Gasteiger partial charge in [0.05, 0.1) is 7.11 Å². The predicted octanol–water partition coefficient (Wildman–Crippen LogP) is 3.17. The lowest BCUT2D eigenvalue weighted by molar-refractivity contribution is 0.154. The van der Waals surface area contributed by atoms with E-state index in [1.807, 2.05) is 6.07 Å². The van der Waals surface area contributed by atoms with Crippen LogP contribution >= 0.6 is 0 Å². The summed E-state index contributed by atoms with van der Waals surface area (Å²) in [6.45, 7) is 0.364. The second-order valence-corrected chi connectivity index (χ2v) is 4.62. The molecule has 1 N–H and O–H groups in total. The molecule has 3 rings (SSSR count). The third-order valence-corrected chi connectivity index (χ3v) is 3.12. The van der Waals surface area contributed by atoms with Gasteiger partial charge in [-0.15, -0.1) is 0 Å². The first-order chi connectivity index (χ1) is 10.7. The molecule has 0 saturated heterocycles. The molecule has 1 aliphatic heterocycles. The SMILES string of the molecule is COc1cccc(NC(=O)OCc2ccc3c(c2)OCO3)c1. The van der Waals surface area contributed by atoms with Gasteiger partial charge in [-0.1, -0.05) is 12.1 Å². The Morgan fingerprint density at radius 3 is 2.91 bits per heavy atom. The lowest BCUT2D eigenvalue weighted by Crippen LogP contribution is -2.13. The summed E-state index contributed by atoms with van der Waals surface area (Å²) in [5.74, 6) is 2.02. The third-order valence-electron chi connectivity index (χ3n) is 3.12. The van der Waals surface area contributed by atoms with E-state index in [1.54, 1.807) is 43.5 Å². The van der Waals surface area contributed by atoms with E-state index in [4.69, 9.17) is 18.9 Å². The molecule has 0 atom stereocenters. The van der Waals surface area contributed by atoms with E-state index < -0.39 is 6.09 Å². The van der Waals surface area contributed by atoms with Gasteiger partial charge in [0, 0.05) is 11.8 Å². The van der Waals surface area contributed by atoms with Crippen molar-refractivity contribution in [2.75, 3.05) is 19.2 Å². The molecule has 2 aromatic carbocycles. The lowest BCUT2D eigenvalue weighted by Gasteiger charge is -2.08. The standard InChI is InChI=1S/C16H15NO5/c1-19-13-4-2-3-12(8-13)17-16(18)20-9-11-5-6-14-15(7-11)22-10-21-14/h2-8H,9-10H2,1H3,(H,17,18). The molecule has 1 amide bonds. The molecule has 0 aliphatic carbocycles. The molecule has 1 aliphatic rings. The number of fused-ring (bicyclic) bond motifs is 1. The Hall–Kier alpha value is -2.89. The van der Waals surface area contributed by atoms with Crippen molar-refractivity contribution in [3.05, 3.63) is 48.0 Å². The number of amides is 1. The summed E-state index contributed by atoms with van der Waals surface area (Å²) in [6.07, 6.45) is -0.536. The van der Waals surface area contributed by atoms with Crippen LogP contribution in [0.1, 0.15) is 5.56 Å². The third kappa shape index (κ3) is 3.22. The summed E-state index contributed by atoms with van der Waals surface area (Å²) in [5.41, 5.74) is 1.43. The first kappa shape index (κ1) is 14.1. The van der Waals surface area contributed by atoms with Crippen LogP contribution in [0.4, 0.5) is 10.5 Å². The molecule has 0 aromatic heterocycles. The number of anilines is 1. The number of ether oxygens (including phenoxy) is 4. The van der Waals surface area contributed by atoms with Gasteiger partial charge in [0.15, 0.2) is 11.5 Å². The topological polar surface area (TPSA) is 66.0 Å². The van der Waals surface area contributed by atoms with Gasteiger partial charge in [0.1, 0.15) is 12.4 Å². The van der Waals surface area contributed by atoms with Crippen LogP contribution in [-0.2, 0) is 11.3 Å². The first-order valence-electron chi connectivity index (χ1n) is 6.71. The van der Waals surface area contributed by atoms with Crippen molar-refractivity contribution in [3.63, 3.8) is 0 Å². The molecule has 0 fully saturated rings. The average molecular weight is 301 g/mol. The molecule has 1 heterocycles. The summed E-state index contributed by atoms with van der Waals surface area (Å²) in [7, 11) is 1.57. The van der Waals surface area contributed by atoms with Crippen LogP contribution in [-0.4, -0.2) is 20.0 Å². The highest BCUT2D eigenvalue weighted by Crippen LogP contribution is 2.32. The van der Waals surface area contributed by atoms with Crippen molar-refractivity contribution in [2.24, 2.45) is 0 Å². The van der Waals surface area contributed by atoms with E-state index in [9.17, 15) is 4.79 Å². The van der Waals surface area contributed by atoms with Crippen molar-refractivity contribution >= 4 is 11.8 Å². The molecule has 6 heteroatoms. The fourth-order valence-electron chi connectivity index (χ4n) is 2.03. The van der Waals surface area contributed by atoms with Crippen molar-refractivity contribution in [1.82, 2.24) is 0 Å². The summed E-state index contributed by atoms with van der Waals surface area (Å²) in [6, 6.07) is 12.5. The van der Waals surface area contributed by atoms with Crippen LogP contribution in [0.3, 0.4) is 0 Å². The second kappa shape index (κ2) is 6.26. The van der Waals surface area contributed by atoms with Crippen molar-refractivity contribution in [3.8, 4) is 17.2 Å². The number of methoxy groups -OCH3 is 1. The Morgan fingerprint density at radius 2 is 2.05 bits per heavy atom. The normalized spacial score (nSPS) is 11.9. The highest BCUT2D eigenvalue weighted by atomic mass is 16.7. The van der Waals surface area contributed by atoms with E-state index >= 15 is 0 Å². The van der Waals surface area contributed by atoms with Crippen LogP contribution in [0.25, 0.3) is 0 Å². The zero-order valence-corrected chi connectivity index (χ0v) is 12.0. The van der Waals surface area contributed by atoms with E-state index in [0.717, 1.165) is 5.56 Å². The number of rotatable bonds is 4. The van der Waals surface area contributed by atoms with Crippen molar-refractivity contribution in [1.29, 1.82) is 0 Å². The minimum Gasteiger partial charge on any atom is -0.497 e.